The average Bonchev–Trinajstić information content (AvgIpc) is 2.93. The van der Waals surface area contributed by atoms with E-state index >= 15 is 0 Å². The molecule has 104 valence electrons. The Kier molecular flexibility index (Phi) is 5.45. The summed E-state index contributed by atoms with van der Waals surface area (Å²) in [5.74, 6) is 0.326. The molecule has 2 rings (SSSR count). The summed E-state index contributed by atoms with van der Waals surface area (Å²) in [7, 11) is 1.48. The highest BCUT2D eigenvalue weighted by atomic mass is 16.5. The van der Waals surface area contributed by atoms with Crippen molar-refractivity contribution in [2.75, 3.05) is 20.3 Å². The number of nitrogens with one attached hydrogen (secondary N) is 1. The third-order valence-electron chi connectivity index (χ3n) is 4.17. The molecule has 0 aromatic heterocycles. The summed E-state index contributed by atoms with van der Waals surface area (Å²) in [5, 5.41) is 3.38. The smallest absolute Gasteiger partial charge is 0.323 e. The van der Waals surface area contributed by atoms with Crippen LogP contribution in [-0.4, -0.2) is 38.4 Å². The van der Waals surface area contributed by atoms with Crippen LogP contribution < -0.4 is 5.32 Å². The van der Waals surface area contributed by atoms with E-state index in [1.54, 1.807) is 0 Å². The molecule has 1 aliphatic carbocycles. The van der Waals surface area contributed by atoms with Crippen molar-refractivity contribution >= 4 is 5.97 Å². The summed E-state index contributed by atoms with van der Waals surface area (Å²) >= 11 is 0. The molecule has 2 atom stereocenters. The number of hydrogen-bond donors (Lipinski definition) is 1. The van der Waals surface area contributed by atoms with Gasteiger partial charge in [-0.1, -0.05) is 19.3 Å². The molecule has 0 amide bonds. The molecule has 0 aromatic rings. The van der Waals surface area contributed by atoms with Crippen LogP contribution in [0.25, 0.3) is 0 Å². The van der Waals surface area contributed by atoms with Gasteiger partial charge in [-0.05, 0) is 31.6 Å². The van der Waals surface area contributed by atoms with Gasteiger partial charge >= 0.3 is 5.97 Å². The standard InChI is InChI=1S/C14H25NO3/c1-17-14(16)13(11-6-3-2-4-7-11)15-10-12-8-5-9-18-12/h11-13,15H,2-10H2,1H3. The maximum Gasteiger partial charge on any atom is 0.323 e. The van der Waals surface area contributed by atoms with Crippen molar-refractivity contribution in [1.82, 2.24) is 5.32 Å². The lowest BCUT2D eigenvalue weighted by Gasteiger charge is -2.29. The highest BCUT2D eigenvalue weighted by Gasteiger charge is 2.30. The lowest BCUT2D eigenvalue weighted by atomic mass is 9.84. The molecule has 1 saturated carbocycles. The minimum absolute atomic E-state index is 0.111. The van der Waals surface area contributed by atoms with E-state index in [9.17, 15) is 4.79 Å². The Hall–Kier alpha value is -0.610. The molecular formula is C14H25NO3. The van der Waals surface area contributed by atoms with Gasteiger partial charge in [0.25, 0.3) is 0 Å². The van der Waals surface area contributed by atoms with Crippen LogP contribution in [0.15, 0.2) is 0 Å². The summed E-state index contributed by atoms with van der Waals surface area (Å²) in [6.07, 6.45) is 8.57. The van der Waals surface area contributed by atoms with Crippen molar-refractivity contribution in [2.24, 2.45) is 5.92 Å². The van der Waals surface area contributed by atoms with Crippen molar-refractivity contribution in [1.29, 1.82) is 0 Å². The molecule has 0 bridgehead atoms. The first-order chi connectivity index (χ1) is 8.81. The SMILES string of the molecule is COC(=O)C(NCC1CCCO1)C1CCCCC1. The monoisotopic (exact) mass is 255 g/mol. The number of ether oxygens (including phenoxy) is 2. The van der Waals surface area contributed by atoms with E-state index in [0.717, 1.165) is 38.8 Å². The maximum absolute atomic E-state index is 11.9. The van der Waals surface area contributed by atoms with Crippen molar-refractivity contribution in [2.45, 2.75) is 57.1 Å². The molecule has 1 saturated heterocycles. The molecule has 4 nitrogen and oxygen atoms in total. The topological polar surface area (TPSA) is 47.6 Å². The van der Waals surface area contributed by atoms with E-state index in [2.05, 4.69) is 5.32 Å². The van der Waals surface area contributed by atoms with E-state index in [1.165, 1.54) is 26.4 Å². The van der Waals surface area contributed by atoms with Crippen LogP contribution in [0.1, 0.15) is 44.9 Å². The quantitative estimate of drug-likeness (QED) is 0.762. The number of rotatable bonds is 5. The molecule has 1 N–H and O–H groups in total. The van der Waals surface area contributed by atoms with Crippen LogP contribution >= 0.6 is 0 Å². The van der Waals surface area contributed by atoms with Crippen LogP contribution in [-0.2, 0) is 14.3 Å². The molecule has 2 fully saturated rings. The van der Waals surface area contributed by atoms with Gasteiger partial charge in [0, 0.05) is 13.2 Å². The highest BCUT2D eigenvalue weighted by molar-refractivity contribution is 5.76. The zero-order valence-corrected chi connectivity index (χ0v) is 11.3. The Morgan fingerprint density at radius 2 is 2.06 bits per heavy atom. The van der Waals surface area contributed by atoms with Crippen molar-refractivity contribution in [3.8, 4) is 0 Å². The molecular weight excluding hydrogens is 230 g/mol. The lowest BCUT2D eigenvalue weighted by molar-refractivity contribution is -0.145. The normalized spacial score (nSPS) is 27.1. The van der Waals surface area contributed by atoms with E-state index in [1.807, 2.05) is 0 Å². The van der Waals surface area contributed by atoms with Crippen molar-refractivity contribution in [3.63, 3.8) is 0 Å². The van der Waals surface area contributed by atoms with E-state index in [4.69, 9.17) is 9.47 Å². The fraction of sp³-hybridized carbons (Fsp3) is 0.929. The highest BCUT2D eigenvalue weighted by Crippen LogP contribution is 2.27. The van der Waals surface area contributed by atoms with Gasteiger partial charge in [-0.2, -0.15) is 0 Å². The summed E-state index contributed by atoms with van der Waals surface area (Å²) in [6, 6.07) is -0.139. The first-order valence-corrected chi connectivity index (χ1v) is 7.24. The van der Waals surface area contributed by atoms with Gasteiger partial charge in [-0.25, -0.2) is 0 Å². The molecule has 2 aliphatic rings. The molecule has 0 aromatic carbocycles. The largest absolute Gasteiger partial charge is 0.468 e. The molecule has 1 heterocycles. The summed E-state index contributed by atoms with van der Waals surface area (Å²) in [5.41, 5.74) is 0. The van der Waals surface area contributed by atoms with Crippen LogP contribution in [0.3, 0.4) is 0 Å². The van der Waals surface area contributed by atoms with Gasteiger partial charge in [-0.15, -0.1) is 0 Å². The molecule has 0 radical (unpaired) electrons. The fourth-order valence-corrected chi connectivity index (χ4v) is 3.10. The summed E-state index contributed by atoms with van der Waals surface area (Å²) < 4.78 is 10.5. The minimum Gasteiger partial charge on any atom is -0.468 e. The lowest BCUT2D eigenvalue weighted by Crippen LogP contribution is -2.46. The fourth-order valence-electron chi connectivity index (χ4n) is 3.10. The van der Waals surface area contributed by atoms with Gasteiger partial charge in [0.05, 0.1) is 13.2 Å². The van der Waals surface area contributed by atoms with Crippen molar-refractivity contribution < 1.29 is 14.3 Å². The van der Waals surface area contributed by atoms with E-state index in [-0.39, 0.29) is 18.1 Å². The number of carbonyl (C=O) groups is 1. The first-order valence-electron chi connectivity index (χ1n) is 7.24. The second kappa shape index (κ2) is 7.10. The van der Waals surface area contributed by atoms with Gasteiger partial charge in [0.2, 0.25) is 0 Å². The van der Waals surface area contributed by atoms with Gasteiger partial charge in [0.15, 0.2) is 0 Å². The predicted molar refractivity (Wildman–Crippen MR) is 69.4 cm³/mol. The molecule has 18 heavy (non-hydrogen) atoms. The molecule has 1 aliphatic heterocycles. The Balaban J connectivity index is 1.84. The Morgan fingerprint density at radius 1 is 1.28 bits per heavy atom. The van der Waals surface area contributed by atoms with Gasteiger partial charge in [0.1, 0.15) is 6.04 Å². The van der Waals surface area contributed by atoms with Gasteiger partial charge < -0.3 is 14.8 Å². The van der Waals surface area contributed by atoms with E-state index < -0.39 is 0 Å². The zero-order valence-electron chi connectivity index (χ0n) is 11.3. The van der Waals surface area contributed by atoms with Gasteiger partial charge in [-0.3, -0.25) is 4.79 Å². The number of esters is 1. The number of methoxy groups -OCH3 is 1. The molecule has 4 heteroatoms. The Morgan fingerprint density at radius 3 is 2.67 bits per heavy atom. The average molecular weight is 255 g/mol. The third-order valence-corrected chi connectivity index (χ3v) is 4.17. The second-order valence-corrected chi connectivity index (χ2v) is 5.44. The minimum atomic E-state index is -0.139. The predicted octanol–water partition coefficient (Wildman–Crippen LogP) is 1.88. The second-order valence-electron chi connectivity index (χ2n) is 5.44. The van der Waals surface area contributed by atoms with Crippen LogP contribution in [0.5, 0.6) is 0 Å². The zero-order chi connectivity index (χ0) is 12.8. The number of carbonyl (C=O) groups excluding carboxylic acids is 1. The first kappa shape index (κ1) is 13.8. The van der Waals surface area contributed by atoms with Crippen LogP contribution in [0, 0.1) is 5.92 Å². The molecule has 2 unspecified atom stereocenters. The van der Waals surface area contributed by atoms with Crippen LogP contribution in [0.2, 0.25) is 0 Å². The van der Waals surface area contributed by atoms with E-state index in [0.29, 0.717) is 5.92 Å². The Bertz CT molecular complexity index is 258. The Labute approximate surface area is 109 Å². The number of hydrogen-bond acceptors (Lipinski definition) is 4. The maximum atomic E-state index is 11.9. The van der Waals surface area contributed by atoms with Crippen molar-refractivity contribution in [3.05, 3.63) is 0 Å². The summed E-state index contributed by atoms with van der Waals surface area (Å²) in [6.45, 7) is 1.63. The third kappa shape index (κ3) is 3.69. The molecule has 0 spiro atoms. The summed E-state index contributed by atoms with van der Waals surface area (Å²) in [4.78, 5) is 11.9. The van der Waals surface area contributed by atoms with Crippen LogP contribution in [0.4, 0.5) is 0 Å².